The lowest BCUT2D eigenvalue weighted by Crippen LogP contribution is -2.17. The molecule has 0 aliphatic carbocycles. The number of benzene rings is 2. The predicted octanol–water partition coefficient (Wildman–Crippen LogP) is 3.09. The van der Waals surface area contributed by atoms with Crippen molar-refractivity contribution in [2.24, 2.45) is 7.05 Å². The predicted molar refractivity (Wildman–Crippen MR) is 97.2 cm³/mol. The second-order valence-corrected chi connectivity index (χ2v) is 6.58. The largest absolute Gasteiger partial charge is 0.317 e. The van der Waals surface area contributed by atoms with Gasteiger partial charge in [-0.15, -0.1) is 0 Å². The van der Waals surface area contributed by atoms with Gasteiger partial charge in [-0.05, 0) is 29.1 Å². The van der Waals surface area contributed by atoms with E-state index in [4.69, 9.17) is 16.2 Å². The molecule has 0 fully saturated rings. The van der Waals surface area contributed by atoms with Crippen LogP contribution in [0.3, 0.4) is 0 Å². The molecule has 0 amide bonds. The van der Waals surface area contributed by atoms with Crippen LogP contribution in [0.15, 0.2) is 53.5 Å². The Bertz CT molecular complexity index is 1000. The number of nitrogens with one attached hydrogen (secondary N) is 1. The highest BCUT2D eigenvalue weighted by Crippen LogP contribution is 2.33. The second kappa shape index (κ2) is 6.86. The molecule has 1 heterocycles. The van der Waals surface area contributed by atoms with Crippen molar-refractivity contribution in [1.82, 2.24) is 9.29 Å². The molecule has 2 aromatic carbocycles. The fourth-order valence-electron chi connectivity index (χ4n) is 2.66. The van der Waals surface area contributed by atoms with E-state index >= 15 is 0 Å². The standard InChI is InChI=1S/C17H15ClN2O3S/c1-20-10-15(12-4-2-3-5-13(12)17(20)21)14-8-11(6-7-16(14)18)9-19-24(22)23/h2-8,10,19H,9H2,1H3,(H,22,23). The maximum Gasteiger partial charge on any atom is 0.258 e. The van der Waals surface area contributed by atoms with Gasteiger partial charge in [-0.3, -0.25) is 9.35 Å². The molecular weight excluding hydrogens is 348 g/mol. The van der Waals surface area contributed by atoms with E-state index in [1.165, 1.54) is 4.57 Å². The van der Waals surface area contributed by atoms with Crippen LogP contribution in [-0.2, 0) is 24.9 Å². The van der Waals surface area contributed by atoms with E-state index in [2.05, 4.69) is 4.72 Å². The summed E-state index contributed by atoms with van der Waals surface area (Å²) < 4.78 is 23.6. The van der Waals surface area contributed by atoms with Crippen molar-refractivity contribution in [1.29, 1.82) is 0 Å². The SMILES string of the molecule is Cn1cc(-c2cc(CNS(=O)O)ccc2Cl)c2ccccc2c1=O. The minimum atomic E-state index is -2.08. The number of fused-ring (bicyclic) bond motifs is 1. The maximum atomic E-state index is 12.3. The number of hydrogen-bond donors (Lipinski definition) is 2. The molecule has 124 valence electrons. The zero-order chi connectivity index (χ0) is 17.3. The number of pyridine rings is 1. The molecule has 2 N–H and O–H groups in total. The zero-order valence-electron chi connectivity index (χ0n) is 12.8. The summed E-state index contributed by atoms with van der Waals surface area (Å²) in [6.45, 7) is 0.233. The molecule has 5 nitrogen and oxygen atoms in total. The van der Waals surface area contributed by atoms with Gasteiger partial charge >= 0.3 is 0 Å². The van der Waals surface area contributed by atoms with Crippen molar-refractivity contribution in [2.75, 3.05) is 0 Å². The summed E-state index contributed by atoms with van der Waals surface area (Å²) in [6.07, 6.45) is 1.76. The summed E-state index contributed by atoms with van der Waals surface area (Å²) in [5.41, 5.74) is 2.35. The van der Waals surface area contributed by atoms with Gasteiger partial charge in [0.2, 0.25) is 11.3 Å². The minimum absolute atomic E-state index is 0.0704. The number of hydrogen-bond acceptors (Lipinski definition) is 2. The van der Waals surface area contributed by atoms with Crippen molar-refractivity contribution in [2.45, 2.75) is 6.54 Å². The number of rotatable bonds is 4. The van der Waals surface area contributed by atoms with Crippen molar-refractivity contribution >= 4 is 33.6 Å². The van der Waals surface area contributed by atoms with Crippen LogP contribution < -0.4 is 10.3 Å². The van der Waals surface area contributed by atoms with Crippen molar-refractivity contribution in [3.05, 3.63) is 69.6 Å². The molecular formula is C17H15ClN2O3S. The monoisotopic (exact) mass is 362 g/mol. The Balaban J connectivity index is 2.20. The molecule has 0 saturated heterocycles. The summed E-state index contributed by atoms with van der Waals surface area (Å²) >= 11 is 4.29. The number of halogens is 1. The fraction of sp³-hybridized carbons (Fsp3) is 0.118. The third kappa shape index (κ3) is 3.27. The highest BCUT2D eigenvalue weighted by Gasteiger charge is 2.12. The van der Waals surface area contributed by atoms with E-state index in [0.29, 0.717) is 10.4 Å². The summed E-state index contributed by atoms with van der Waals surface area (Å²) in [6, 6.07) is 12.8. The topological polar surface area (TPSA) is 71.3 Å². The lowest BCUT2D eigenvalue weighted by atomic mass is 9.99. The molecule has 7 heteroatoms. The van der Waals surface area contributed by atoms with Crippen molar-refractivity contribution in [3.63, 3.8) is 0 Å². The minimum Gasteiger partial charge on any atom is -0.317 e. The second-order valence-electron chi connectivity index (χ2n) is 5.39. The van der Waals surface area contributed by atoms with Crippen molar-refractivity contribution < 1.29 is 8.76 Å². The fourth-order valence-corrected chi connectivity index (χ4v) is 3.17. The Morgan fingerprint density at radius 1 is 1.17 bits per heavy atom. The summed E-state index contributed by atoms with van der Waals surface area (Å²) in [5, 5.41) is 1.99. The first-order chi connectivity index (χ1) is 11.5. The molecule has 0 saturated carbocycles. The first-order valence-electron chi connectivity index (χ1n) is 7.19. The number of aromatic nitrogens is 1. The van der Waals surface area contributed by atoms with Crippen LogP contribution in [0.4, 0.5) is 0 Å². The van der Waals surface area contributed by atoms with E-state index in [0.717, 1.165) is 22.1 Å². The molecule has 0 radical (unpaired) electrons. The molecule has 1 atom stereocenters. The Hall–Kier alpha value is -1.99. The normalized spacial score (nSPS) is 12.5. The van der Waals surface area contributed by atoms with Gasteiger partial charge in [0.15, 0.2) is 0 Å². The average Bonchev–Trinajstić information content (AvgIpc) is 2.57. The molecule has 0 aliphatic rings. The van der Waals surface area contributed by atoms with Gasteiger partial charge in [0.25, 0.3) is 5.56 Å². The van der Waals surface area contributed by atoms with E-state index in [9.17, 15) is 9.00 Å². The van der Waals surface area contributed by atoms with Crippen LogP contribution in [0.2, 0.25) is 5.02 Å². The smallest absolute Gasteiger partial charge is 0.258 e. The van der Waals surface area contributed by atoms with E-state index in [-0.39, 0.29) is 12.1 Å². The molecule has 0 spiro atoms. The van der Waals surface area contributed by atoms with Crippen LogP contribution in [-0.4, -0.2) is 13.3 Å². The van der Waals surface area contributed by atoms with Crippen LogP contribution in [0.1, 0.15) is 5.56 Å². The van der Waals surface area contributed by atoms with Gasteiger partial charge < -0.3 is 4.57 Å². The quantitative estimate of drug-likeness (QED) is 0.700. The Morgan fingerprint density at radius 3 is 2.58 bits per heavy atom. The lowest BCUT2D eigenvalue weighted by Gasteiger charge is -2.12. The first-order valence-corrected chi connectivity index (χ1v) is 8.67. The van der Waals surface area contributed by atoms with Gasteiger partial charge in [0.05, 0.1) is 0 Å². The lowest BCUT2D eigenvalue weighted by molar-refractivity contribution is 0.548. The van der Waals surface area contributed by atoms with Crippen LogP contribution in [0.25, 0.3) is 21.9 Å². The molecule has 3 aromatic rings. The third-order valence-corrected chi connectivity index (χ3v) is 4.53. The number of nitrogens with zero attached hydrogens (tertiary/aromatic N) is 1. The van der Waals surface area contributed by atoms with E-state index in [1.54, 1.807) is 31.4 Å². The molecule has 1 unspecified atom stereocenters. The van der Waals surface area contributed by atoms with Gasteiger partial charge in [0, 0.05) is 41.3 Å². The first kappa shape index (κ1) is 16.9. The van der Waals surface area contributed by atoms with Crippen LogP contribution in [0, 0.1) is 0 Å². The Labute approximate surface area is 146 Å². The Kier molecular flexibility index (Phi) is 4.82. The summed E-state index contributed by atoms with van der Waals surface area (Å²) in [4.78, 5) is 12.3. The maximum absolute atomic E-state index is 12.3. The van der Waals surface area contributed by atoms with Gasteiger partial charge in [0.1, 0.15) is 0 Å². The highest BCUT2D eigenvalue weighted by molar-refractivity contribution is 7.77. The molecule has 3 rings (SSSR count). The Morgan fingerprint density at radius 2 is 1.88 bits per heavy atom. The molecule has 0 bridgehead atoms. The van der Waals surface area contributed by atoms with Gasteiger partial charge in [-0.1, -0.05) is 35.9 Å². The van der Waals surface area contributed by atoms with Gasteiger partial charge in [-0.2, -0.15) is 0 Å². The van der Waals surface area contributed by atoms with E-state index < -0.39 is 11.3 Å². The third-order valence-electron chi connectivity index (χ3n) is 3.81. The summed E-state index contributed by atoms with van der Waals surface area (Å²) in [7, 11) is 1.70. The van der Waals surface area contributed by atoms with Crippen molar-refractivity contribution in [3.8, 4) is 11.1 Å². The molecule has 0 aliphatic heterocycles. The molecule has 1 aromatic heterocycles. The average molecular weight is 363 g/mol. The van der Waals surface area contributed by atoms with Gasteiger partial charge in [-0.25, -0.2) is 8.93 Å². The number of aryl methyl sites for hydroxylation is 1. The zero-order valence-corrected chi connectivity index (χ0v) is 14.4. The van der Waals surface area contributed by atoms with Crippen LogP contribution >= 0.6 is 11.6 Å². The molecule has 24 heavy (non-hydrogen) atoms. The van der Waals surface area contributed by atoms with E-state index in [1.807, 2.05) is 24.3 Å². The highest BCUT2D eigenvalue weighted by atomic mass is 35.5. The van der Waals surface area contributed by atoms with Crippen LogP contribution in [0.5, 0.6) is 0 Å². The summed E-state index contributed by atoms with van der Waals surface area (Å²) in [5.74, 6) is 0.